The summed E-state index contributed by atoms with van der Waals surface area (Å²) in [6, 6.07) is 0. The van der Waals surface area contributed by atoms with Gasteiger partial charge in [0.1, 0.15) is 0 Å². The van der Waals surface area contributed by atoms with Crippen LogP contribution in [0.1, 0.15) is 12.8 Å². The maximum atomic E-state index is 10.3. The molecule has 0 aromatic carbocycles. The zero-order chi connectivity index (χ0) is 13.4. The van der Waals surface area contributed by atoms with Gasteiger partial charge >= 0.3 is 27.0 Å². The fraction of sp³-hybridized carbons (Fsp3) is 0.500. The van der Waals surface area contributed by atoms with Gasteiger partial charge in [-0.15, -0.1) is 13.1 Å². The molecular weight excluding hydrogens is 459 g/mol. The molecule has 2 aliphatic heterocycles. The predicted molar refractivity (Wildman–Crippen MR) is 74.3 cm³/mol. The molecule has 0 bridgehead atoms. The van der Waals surface area contributed by atoms with Gasteiger partial charge in [-0.2, -0.15) is 0 Å². The van der Waals surface area contributed by atoms with E-state index in [9.17, 15) is 14.7 Å². The van der Waals surface area contributed by atoms with E-state index >= 15 is 0 Å². The Morgan fingerprint density at radius 2 is 1.86 bits per heavy atom. The third-order valence-corrected chi connectivity index (χ3v) is 2.68. The van der Waals surface area contributed by atoms with E-state index in [-0.39, 0.29) is 44.9 Å². The van der Waals surface area contributed by atoms with Crippen LogP contribution in [-0.2, 0) is 30.7 Å². The fourth-order valence-electron chi connectivity index (χ4n) is 1.60. The van der Waals surface area contributed by atoms with Crippen LogP contribution in [-0.4, -0.2) is 36.7 Å². The largest absolute Gasteiger partial charge is 4.00 e. The predicted octanol–water partition coefficient (Wildman–Crippen LogP) is 1.07. The topological polar surface area (TPSA) is 171 Å². The van der Waals surface area contributed by atoms with Crippen LogP contribution in [0.15, 0.2) is 23.9 Å². The maximum Gasteiger partial charge on any atom is 4.00 e. The first kappa shape index (κ1) is 24.8. The minimum absolute atomic E-state index is 0. The molecule has 0 unspecified atom stereocenters. The molecule has 122 valence electrons. The normalized spacial score (nSPS) is 16.3. The molecule has 0 aromatic heterocycles. The number of carboxylic acid groups (broad SMARTS) is 2. The molecule has 8 nitrogen and oxygen atoms in total. The van der Waals surface area contributed by atoms with Gasteiger partial charge in [0.25, 0.3) is 0 Å². The molecule has 0 spiro atoms. The molecule has 2 rings (SSSR count). The quantitative estimate of drug-likeness (QED) is 0.602. The van der Waals surface area contributed by atoms with Crippen molar-refractivity contribution in [3.63, 3.8) is 0 Å². The van der Waals surface area contributed by atoms with E-state index in [0.717, 1.165) is 25.9 Å². The van der Waals surface area contributed by atoms with Crippen molar-refractivity contribution >= 4 is 11.9 Å². The van der Waals surface area contributed by atoms with Gasteiger partial charge < -0.3 is 37.9 Å². The standard InChI is InChI=1S/C6H10NO2.C6H7NO2.2H2N.Pt/c2*8-6(9)5-1-3-7-4-2-5;;;/h5H,1-4H2,(H,8,9);1-3,7H,4H2,(H,8,9);2*1H2;/q-1;;2*-1;+4/p-1. The number of carbonyl (C=O) groups is 2. The van der Waals surface area contributed by atoms with E-state index in [4.69, 9.17) is 5.11 Å². The van der Waals surface area contributed by atoms with Crippen molar-refractivity contribution < 1.29 is 40.9 Å². The van der Waals surface area contributed by atoms with E-state index in [1.54, 1.807) is 12.3 Å². The number of carbonyl (C=O) groups excluding carboxylic acids is 1. The molecule has 0 saturated carbocycles. The van der Waals surface area contributed by atoms with Crippen molar-refractivity contribution in [3.8, 4) is 0 Å². The Labute approximate surface area is 138 Å². The summed E-state index contributed by atoms with van der Waals surface area (Å²) in [6.45, 7) is 2.04. The van der Waals surface area contributed by atoms with E-state index in [0.29, 0.717) is 6.54 Å². The van der Waals surface area contributed by atoms with Crippen molar-refractivity contribution in [2.45, 2.75) is 12.8 Å². The van der Waals surface area contributed by atoms with Gasteiger partial charge in [-0.3, -0.25) is 4.79 Å². The van der Waals surface area contributed by atoms with Gasteiger partial charge in [-0.05, 0) is 17.8 Å². The first-order valence-electron chi connectivity index (χ1n) is 5.78. The van der Waals surface area contributed by atoms with Crippen molar-refractivity contribution in [2.24, 2.45) is 5.92 Å². The molecular formula is C12H20N4O4Pt. The number of piperidine rings is 1. The van der Waals surface area contributed by atoms with Crippen LogP contribution in [0.5, 0.6) is 0 Å². The Morgan fingerprint density at radius 1 is 1.29 bits per heavy atom. The summed E-state index contributed by atoms with van der Waals surface area (Å²) in [7, 11) is 0. The summed E-state index contributed by atoms with van der Waals surface area (Å²) >= 11 is 0. The van der Waals surface area contributed by atoms with Gasteiger partial charge in [0.05, 0.1) is 11.9 Å². The van der Waals surface area contributed by atoms with Gasteiger partial charge in [0, 0.05) is 6.54 Å². The second kappa shape index (κ2) is 13.8. The summed E-state index contributed by atoms with van der Waals surface area (Å²) in [5.41, 5.74) is 0.244. The molecule has 2 heterocycles. The van der Waals surface area contributed by atoms with Crippen LogP contribution in [0.4, 0.5) is 0 Å². The van der Waals surface area contributed by atoms with E-state index in [2.05, 4.69) is 10.6 Å². The second-order valence-corrected chi connectivity index (χ2v) is 3.97. The van der Waals surface area contributed by atoms with E-state index in [1.165, 1.54) is 6.08 Å². The summed E-state index contributed by atoms with van der Waals surface area (Å²) in [5.74, 6) is -1.90. The first-order chi connectivity index (χ1) is 8.61. The van der Waals surface area contributed by atoms with Crippen LogP contribution in [0.3, 0.4) is 0 Å². The summed E-state index contributed by atoms with van der Waals surface area (Å²) in [6.07, 6.45) is 6.09. The number of dihydropyridines is 1. The molecule has 1 fully saturated rings. The van der Waals surface area contributed by atoms with Gasteiger partial charge in [0.2, 0.25) is 0 Å². The van der Waals surface area contributed by atoms with Gasteiger partial charge in [-0.25, -0.2) is 0 Å². The van der Waals surface area contributed by atoms with Crippen LogP contribution < -0.4 is 10.4 Å². The molecule has 2 aliphatic rings. The Kier molecular flexibility index (Phi) is 16.2. The Hall–Kier alpha value is -1.21. The minimum atomic E-state index is -1.12. The Morgan fingerprint density at radius 3 is 2.14 bits per heavy atom. The molecule has 0 amide bonds. The average molecular weight is 479 g/mol. The SMILES string of the molecule is O=C(O)C1CC[N-]CC1.O=C([O-])C1=CCNC=C1.[NH2-].[NH2-].[Pt+4]. The third-order valence-electron chi connectivity index (χ3n) is 2.68. The molecule has 0 aromatic rings. The smallest absolute Gasteiger partial charge is 0.693 e. The summed E-state index contributed by atoms with van der Waals surface area (Å²) in [4.78, 5) is 20.4. The van der Waals surface area contributed by atoms with Gasteiger partial charge in [-0.1, -0.05) is 18.9 Å². The molecule has 0 atom stereocenters. The number of nitrogens with two attached hydrogens (primary N) is 2. The molecule has 0 radical (unpaired) electrons. The number of nitrogens with one attached hydrogen (secondary N) is 1. The van der Waals surface area contributed by atoms with Crippen molar-refractivity contribution in [2.75, 3.05) is 19.6 Å². The maximum absolute atomic E-state index is 10.3. The first-order valence-corrected chi connectivity index (χ1v) is 5.78. The molecule has 1 saturated heterocycles. The number of carboxylic acids is 2. The molecule has 0 aliphatic carbocycles. The van der Waals surface area contributed by atoms with Crippen molar-refractivity contribution in [3.05, 3.63) is 41.5 Å². The molecule has 9 heteroatoms. The zero-order valence-corrected chi connectivity index (χ0v) is 13.7. The number of rotatable bonds is 2. The number of hydrogen-bond donors (Lipinski definition) is 2. The molecule has 21 heavy (non-hydrogen) atoms. The van der Waals surface area contributed by atoms with E-state index in [1.807, 2.05) is 0 Å². The van der Waals surface area contributed by atoms with Gasteiger partial charge in [0.15, 0.2) is 0 Å². The minimum Gasteiger partial charge on any atom is -0.693 e. The third kappa shape index (κ3) is 10.2. The van der Waals surface area contributed by atoms with Crippen molar-refractivity contribution in [1.82, 2.24) is 5.32 Å². The Bertz CT molecular complexity index is 368. The second-order valence-electron chi connectivity index (χ2n) is 3.97. The summed E-state index contributed by atoms with van der Waals surface area (Å²) in [5, 5.41) is 25.5. The number of hydrogen-bond acceptors (Lipinski definition) is 4. The number of aliphatic carboxylic acids is 2. The fourth-order valence-corrected chi connectivity index (χ4v) is 1.60. The monoisotopic (exact) mass is 479 g/mol. The average Bonchev–Trinajstić information content (AvgIpc) is 2.41. The zero-order valence-electron chi connectivity index (χ0n) is 11.4. The Balaban J connectivity index is -0.000000270. The van der Waals surface area contributed by atoms with Crippen molar-refractivity contribution in [1.29, 1.82) is 0 Å². The summed E-state index contributed by atoms with van der Waals surface area (Å²) < 4.78 is 0. The number of nitrogens with zero attached hydrogens (tertiary/aromatic N) is 1. The van der Waals surface area contributed by atoms with Crippen LogP contribution >= 0.6 is 0 Å². The van der Waals surface area contributed by atoms with Crippen LogP contribution in [0.25, 0.3) is 17.6 Å². The molecule has 6 N–H and O–H groups in total. The van der Waals surface area contributed by atoms with E-state index < -0.39 is 11.9 Å². The van der Waals surface area contributed by atoms with Crippen LogP contribution in [0, 0.1) is 5.92 Å². The van der Waals surface area contributed by atoms with Crippen LogP contribution in [0.2, 0.25) is 0 Å².